The lowest BCUT2D eigenvalue weighted by atomic mass is 9.95. The molecule has 2 atom stereocenters. The first-order valence-electron chi connectivity index (χ1n) is 9.19. The molecule has 0 saturated carbocycles. The number of hydrogen-bond donors (Lipinski definition) is 2. The summed E-state index contributed by atoms with van der Waals surface area (Å²) in [6, 6.07) is 6.80. The van der Waals surface area contributed by atoms with Crippen LogP contribution in [0.4, 0.5) is 0 Å². The second-order valence-corrected chi connectivity index (χ2v) is 7.44. The Balaban J connectivity index is 0.00000320. The lowest BCUT2D eigenvalue weighted by Gasteiger charge is -2.25. The van der Waals surface area contributed by atoms with Crippen LogP contribution >= 0.6 is 35.6 Å². The van der Waals surface area contributed by atoms with Gasteiger partial charge in [-0.1, -0.05) is 29.3 Å². The molecule has 3 rings (SSSR count). The zero-order valence-corrected chi connectivity index (χ0v) is 18.7. The molecule has 8 nitrogen and oxygen atoms in total. The third kappa shape index (κ3) is 6.23. The lowest BCUT2D eigenvalue weighted by molar-refractivity contribution is 0.0235. The summed E-state index contributed by atoms with van der Waals surface area (Å²) in [5, 5.41) is 18.1. The van der Waals surface area contributed by atoms with Crippen LogP contribution in [0, 0.1) is 5.92 Å². The summed E-state index contributed by atoms with van der Waals surface area (Å²) < 4.78 is 17.9. The van der Waals surface area contributed by atoms with Crippen LogP contribution in [0.1, 0.15) is 22.2 Å². The van der Waals surface area contributed by atoms with Crippen molar-refractivity contribution in [2.75, 3.05) is 40.0 Å². The fourth-order valence-electron chi connectivity index (χ4n) is 3.23. The Morgan fingerprint density at radius 1 is 1.33 bits per heavy atom. The minimum Gasteiger partial charge on any atom is -0.477 e. The molecule has 166 valence electrons. The fraction of sp³-hybridized carbons (Fsp3) is 0.474. The summed E-state index contributed by atoms with van der Waals surface area (Å²) in [6.07, 6.45) is -0.288. The molecule has 2 heterocycles. The van der Waals surface area contributed by atoms with E-state index in [4.69, 9.17) is 37.4 Å². The Labute approximate surface area is 190 Å². The number of carboxylic acids is 1. The van der Waals surface area contributed by atoms with Crippen LogP contribution in [-0.4, -0.2) is 60.9 Å². The highest BCUT2D eigenvalue weighted by molar-refractivity contribution is 6.42. The van der Waals surface area contributed by atoms with Gasteiger partial charge in [0.1, 0.15) is 12.3 Å². The van der Waals surface area contributed by atoms with Crippen molar-refractivity contribution in [2.45, 2.75) is 12.6 Å². The first-order valence-corrected chi connectivity index (χ1v) is 9.95. The van der Waals surface area contributed by atoms with E-state index < -0.39 is 5.97 Å². The number of methoxy groups -OCH3 is 1. The molecule has 1 saturated heterocycles. The third-order valence-electron chi connectivity index (χ3n) is 4.60. The average molecular weight is 481 g/mol. The summed E-state index contributed by atoms with van der Waals surface area (Å²) in [5.41, 5.74) is 0.934. The van der Waals surface area contributed by atoms with Gasteiger partial charge in [0.05, 0.1) is 29.4 Å². The summed E-state index contributed by atoms with van der Waals surface area (Å²) in [7, 11) is 1.56. The molecule has 0 radical (unpaired) electrons. The van der Waals surface area contributed by atoms with Crippen molar-refractivity contribution in [1.29, 1.82) is 0 Å². The van der Waals surface area contributed by atoms with E-state index in [2.05, 4.69) is 10.4 Å². The molecule has 1 aliphatic heterocycles. The third-order valence-corrected chi connectivity index (χ3v) is 5.34. The van der Waals surface area contributed by atoms with Crippen molar-refractivity contribution in [1.82, 2.24) is 15.1 Å². The number of hydrogen-bond acceptors (Lipinski definition) is 6. The van der Waals surface area contributed by atoms with E-state index >= 15 is 0 Å². The summed E-state index contributed by atoms with van der Waals surface area (Å²) >= 11 is 12.2. The van der Waals surface area contributed by atoms with Crippen LogP contribution in [0.25, 0.3) is 0 Å². The van der Waals surface area contributed by atoms with E-state index in [9.17, 15) is 9.90 Å². The highest BCUT2D eigenvalue weighted by atomic mass is 35.5. The Morgan fingerprint density at radius 3 is 2.83 bits per heavy atom. The minimum absolute atomic E-state index is 0. The van der Waals surface area contributed by atoms with Crippen molar-refractivity contribution in [3.63, 3.8) is 0 Å². The molecule has 0 unspecified atom stereocenters. The Hall–Kier alpha value is -1.55. The molecule has 1 aromatic carbocycles. The van der Waals surface area contributed by atoms with Crippen LogP contribution in [0.15, 0.2) is 24.3 Å². The first-order chi connectivity index (χ1) is 14.0. The van der Waals surface area contributed by atoms with Gasteiger partial charge in [-0.2, -0.15) is 0 Å². The van der Waals surface area contributed by atoms with Gasteiger partial charge in [0.15, 0.2) is 0 Å². The Morgan fingerprint density at radius 2 is 2.13 bits per heavy atom. The molecular formula is C19H24Cl3N3O5. The maximum atomic E-state index is 11.7. The molecule has 11 heteroatoms. The maximum Gasteiger partial charge on any atom is 0.354 e. The van der Waals surface area contributed by atoms with Crippen LogP contribution in [0.5, 0.6) is 5.88 Å². The Kier molecular flexibility index (Phi) is 9.67. The molecule has 1 aliphatic rings. The molecule has 0 aliphatic carbocycles. The summed E-state index contributed by atoms with van der Waals surface area (Å²) in [5.74, 6) is -0.916. The number of halogens is 3. The highest BCUT2D eigenvalue weighted by Gasteiger charge is 2.29. The molecule has 1 aromatic heterocycles. The zero-order valence-electron chi connectivity index (χ0n) is 16.3. The standard InChI is InChI=1S/C19H23Cl2N3O5.ClH/c1-27-6-7-28-17-9-16(19(25)26)24(23-17)11-13-10-22-4-5-29-18(13)12-2-3-14(20)15(21)8-12;/h2-3,8-9,13,18,22H,4-7,10-11H2,1H3,(H,25,26);1H/t13-,18-;/m0./s1. The van der Waals surface area contributed by atoms with Crippen LogP contribution in [0.3, 0.4) is 0 Å². The molecule has 0 amide bonds. The van der Waals surface area contributed by atoms with Gasteiger partial charge in [-0.25, -0.2) is 4.79 Å². The van der Waals surface area contributed by atoms with Gasteiger partial charge in [0.25, 0.3) is 0 Å². The molecule has 1 fully saturated rings. The quantitative estimate of drug-likeness (QED) is 0.560. The van der Waals surface area contributed by atoms with Gasteiger partial charge in [-0.3, -0.25) is 4.68 Å². The van der Waals surface area contributed by atoms with E-state index in [0.717, 1.165) is 5.56 Å². The number of nitrogens with one attached hydrogen (secondary N) is 1. The van der Waals surface area contributed by atoms with Gasteiger partial charge >= 0.3 is 5.97 Å². The number of nitrogens with zero attached hydrogens (tertiary/aromatic N) is 2. The largest absolute Gasteiger partial charge is 0.477 e. The molecule has 0 bridgehead atoms. The van der Waals surface area contributed by atoms with E-state index in [1.54, 1.807) is 19.2 Å². The van der Waals surface area contributed by atoms with Crippen molar-refractivity contribution in [2.24, 2.45) is 5.92 Å². The van der Waals surface area contributed by atoms with E-state index in [1.807, 2.05) is 6.07 Å². The normalized spacial score (nSPS) is 19.0. The van der Waals surface area contributed by atoms with Crippen LogP contribution in [0.2, 0.25) is 10.0 Å². The molecule has 2 N–H and O–H groups in total. The lowest BCUT2D eigenvalue weighted by Crippen LogP contribution is -2.29. The Bertz CT molecular complexity index is 849. The SMILES string of the molecule is COCCOc1cc(C(=O)O)n(C[C@@H]2CNCCO[C@H]2c2ccc(Cl)c(Cl)c2)n1.Cl. The highest BCUT2D eigenvalue weighted by Crippen LogP contribution is 2.33. The number of ether oxygens (including phenoxy) is 3. The number of carboxylic acid groups (broad SMARTS) is 1. The summed E-state index contributed by atoms with van der Waals surface area (Å²) in [6.45, 7) is 2.85. The minimum atomic E-state index is -1.08. The summed E-state index contributed by atoms with van der Waals surface area (Å²) in [4.78, 5) is 11.7. The van der Waals surface area contributed by atoms with Gasteiger partial charge < -0.3 is 24.6 Å². The van der Waals surface area contributed by atoms with Crippen LogP contribution < -0.4 is 10.1 Å². The van der Waals surface area contributed by atoms with E-state index in [1.165, 1.54) is 10.7 Å². The number of rotatable bonds is 8. The van der Waals surface area contributed by atoms with Gasteiger partial charge in [-0.15, -0.1) is 17.5 Å². The van der Waals surface area contributed by atoms with Crippen molar-refractivity contribution >= 4 is 41.6 Å². The second kappa shape index (κ2) is 11.7. The van der Waals surface area contributed by atoms with E-state index in [0.29, 0.717) is 42.9 Å². The monoisotopic (exact) mass is 479 g/mol. The zero-order chi connectivity index (χ0) is 20.8. The van der Waals surface area contributed by atoms with E-state index in [-0.39, 0.29) is 42.6 Å². The van der Waals surface area contributed by atoms with Crippen molar-refractivity contribution < 1.29 is 24.1 Å². The predicted molar refractivity (Wildman–Crippen MR) is 115 cm³/mol. The van der Waals surface area contributed by atoms with Crippen molar-refractivity contribution in [3.8, 4) is 5.88 Å². The first kappa shape index (κ1) is 24.7. The maximum absolute atomic E-state index is 11.7. The van der Waals surface area contributed by atoms with Crippen LogP contribution in [-0.2, 0) is 16.0 Å². The molecule has 30 heavy (non-hydrogen) atoms. The fourth-order valence-corrected chi connectivity index (χ4v) is 3.54. The number of aromatic nitrogens is 2. The van der Waals surface area contributed by atoms with Gasteiger partial charge in [0.2, 0.25) is 5.88 Å². The number of aromatic carboxylic acids is 1. The molecule has 0 spiro atoms. The van der Waals surface area contributed by atoms with Crippen molar-refractivity contribution in [3.05, 3.63) is 45.6 Å². The number of carbonyl (C=O) groups is 1. The molecule has 2 aromatic rings. The predicted octanol–water partition coefficient (Wildman–Crippen LogP) is 3.31. The smallest absolute Gasteiger partial charge is 0.354 e. The second-order valence-electron chi connectivity index (χ2n) is 6.63. The van der Waals surface area contributed by atoms with Gasteiger partial charge in [-0.05, 0) is 17.7 Å². The number of benzene rings is 1. The topological polar surface area (TPSA) is 94.8 Å². The average Bonchev–Trinajstić information content (AvgIpc) is 2.95. The van der Waals surface area contributed by atoms with Gasteiger partial charge in [0, 0.05) is 38.7 Å². The molecular weight excluding hydrogens is 457 g/mol.